The van der Waals surface area contributed by atoms with Crippen LogP contribution in [0, 0.1) is 5.92 Å². The average molecular weight is 318 g/mol. The molecule has 0 saturated carbocycles. The van der Waals surface area contributed by atoms with Crippen LogP contribution in [0.1, 0.15) is 65.7 Å². The van der Waals surface area contributed by atoms with Gasteiger partial charge in [0.1, 0.15) is 6.10 Å². The van der Waals surface area contributed by atoms with Gasteiger partial charge in [-0.05, 0) is 71.6 Å². The summed E-state index contributed by atoms with van der Waals surface area (Å²) >= 11 is 0. The van der Waals surface area contributed by atoms with Gasteiger partial charge >= 0.3 is 5.97 Å². The fourth-order valence-electron chi connectivity index (χ4n) is 3.42. The molecular weight excluding hydrogens is 288 g/mol. The molecule has 1 aliphatic heterocycles. The Balaban J connectivity index is 2.21. The molecule has 0 radical (unpaired) electrons. The van der Waals surface area contributed by atoms with Gasteiger partial charge in [-0.3, -0.25) is 0 Å². The Kier molecular flexibility index (Phi) is 5.85. The van der Waals surface area contributed by atoms with E-state index in [1.54, 1.807) is 6.92 Å². The van der Waals surface area contributed by atoms with E-state index in [0.717, 1.165) is 32.1 Å². The number of hydrogen-bond acceptors (Lipinski definition) is 3. The molecule has 0 aromatic rings. The van der Waals surface area contributed by atoms with Crippen molar-refractivity contribution in [2.45, 2.75) is 77.4 Å². The zero-order valence-corrected chi connectivity index (χ0v) is 14.7. The van der Waals surface area contributed by atoms with E-state index < -0.39 is 11.7 Å². The number of rotatable bonds is 0. The van der Waals surface area contributed by atoms with Gasteiger partial charge < -0.3 is 9.84 Å². The van der Waals surface area contributed by atoms with Crippen molar-refractivity contribution in [1.29, 1.82) is 0 Å². The standard InChI is InChI=1S/C20H30O3/c1-14-7-5-8-15(2)10-11-17-13-18(23-19(21)16(17)3)20(4,22)12-6-9-14/h8-9,17-18,22H,3,5-7,10-13H2,1-2,4H3/b14-9+,15-8+/t17?,18-,20?/m0/s1. The molecule has 0 amide bonds. The first kappa shape index (κ1) is 18.0. The number of ether oxygens (including phenoxy) is 1. The molecule has 128 valence electrons. The van der Waals surface area contributed by atoms with Gasteiger partial charge in [0.15, 0.2) is 0 Å². The summed E-state index contributed by atoms with van der Waals surface area (Å²) in [4.78, 5) is 12.1. The molecular formula is C20H30O3. The van der Waals surface area contributed by atoms with Gasteiger partial charge in [0.25, 0.3) is 0 Å². The lowest BCUT2D eigenvalue weighted by molar-refractivity contribution is -0.168. The number of aliphatic hydroxyl groups is 1. The fourth-order valence-corrected chi connectivity index (χ4v) is 3.42. The minimum atomic E-state index is -0.986. The van der Waals surface area contributed by atoms with Gasteiger partial charge in [-0.2, -0.15) is 0 Å². The SMILES string of the molecule is C=C1C(=O)O[C@H]2CC1CC/C(C)=C/CC/C(C)=C/CCC2(C)O. The van der Waals surface area contributed by atoms with Crippen LogP contribution >= 0.6 is 0 Å². The third-order valence-electron chi connectivity index (χ3n) is 5.26. The molecule has 3 atom stereocenters. The van der Waals surface area contributed by atoms with Crippen molar-refractivity contribution in [3.8, 4) is 0 Å². The first-order valence-corrected chi connectivity index (χ1v) is 8.73. The van der Waals surface area contributed by atoms with Crippen molar-refractivity contribution in [3.63, 3.8) is 0 Å². The van der Waals surface area contributed by atoms with Crippen molar-refractivity contribution in [1.82, 2.24) is 0 Å². The summed E-state index contributed by atoms with van der Waals surface area (Å²) in [6, 6.07) is 0. The molecule has 0 aromatic heterocycles. The van der Waals surface area contributed by atoms with E-state index in [2.05, 4.69) is 32.6 Å². The molecule has 1 fully saturated rings. The molecule has 2 rings (SSSR count). The lowest BCUT2D eigenvalue weighted by Crippen LogP contribution is -2.47. The molecule has 2 unspecified atom stereocenters. The van der Waals surface area contributed by atoms with E-state index in [9.17, 15) is 9.90 Å². The molecule has 0 aromatic carbocycles. The van der Waals surface area contributed by atoms with Crippen LogP contribution in [0.25, 0.3) is 0 Å². The van der Waals surface area contributed by atoms with Gasteiger partial charge in [0.05, 0.1) is 5.60 Å². The summed E-state index contributed by atoms with van der Waals surface area (Å²) in [7, 11) is 0. The minimum Gasteiger partial charge on any atom is -0.456 e. The van der Waals surface area contributed by atoms with E-state index in [4.69, 9.17) is 4.74 Å². The Hall–Kier alpha value is -1.35. The van der Waals surface area contributed by atoms with Gasteiger partial charge in [0.2, 0.25) is 0 Å². The number of carbonyl (C=O) groups is 1. The Morgan fingerprint density at radius 1 is 1.22 bits per heavy atom. The number of hydrogen-bond donors (Lipinski definition) is 1. The van der Waals surface area contributed by atoms with Crippen molar-refractivity contribution in [2.24, 2.45) is 5.92 Å². The summed E-state index contributed by atoms with van der Waals surface area (Å²) in [5.74, 6) is -0.233. The van der Waals surface area contributed by atoms with Crippen LogP contribution in [-0.2, 0) is 9.53 Å². The van der Waals surface area contributed by atoms with E-state index in [-0.39, 0.29) is 11.9 Å². The quantitative estimate of drug-likeness (QED) is 0.407. The van der Waals surface area contributed by atoms with E-state index in [1.807, 2.05) is 0 Å². The third kappa shape index (κ3) is 4.81. The smallest absolute Gasteiger partial charge is 0.334 e. The summed E-state index contributed by atoms with van der Waals surface area (Å²) in [5.41, 5.74) is 2.30. The van der Waals surface area contributed by atoms with Crippen LogP contribution in [-0.4, -0.2) is 22.8 Å². The number of carbonyl (C=O) groups excluding carboxylic acids is 1. The monoisotopic (exact) mass is 318 g/mol. The van der Waals surface area contributed by atoms with Crippen LogP contribution < -0.4 is 0 Å². The predicted molar refractivity (Wildman–Crippen MR) is 93.0 cm³/mol. The molecule has 1 N–H and O–H groups in total. The first-order chi connectivity index (χ1) is 10.8. The summed E-state index contributed by atoms with van der Waals surface area (Å²) < 4.78 is 5.47. The summed E-state index contributed by atoms with van der Waals surface area (Å²) in [6.45, 7) is 10.0. The second kappa shape index (κ2) is 7.48. The maximum absolute atomic E-state index is 12.1. The Labute approximate surface area is 140 Å². The van der Waals surface area contributed by atoms with Crippen molar-refractivity contribution >= 4 is 5.97 Å². The van der Waals surface area contributed by atoms with E-state index >= 15 is 0 Å². The first-order valence-electron chi connectivity index (χ1n) is 8.73. The van der Waals surface area contributed by atoms with Crippen molar-refractivity contribution in [3.05, 3.63) is 35.5 Å². The molecule has 1 aliphatic carbocycles. The predicted octanol–water partition coefficient (Wildman–Crippen LogP) is 4.47. The highest BCUT2D eigenvalue weighted by Gasteiger charge is 2.41. The van der Waals surface area contributed by atoms with Crippen LogP contribution in [0.2, 0.25) is 0 Å². The number of esters is 1. The highest BCUT2D eigenvalue weighted by Crippen LogP contribution is 2.36. The molecule has 2 aliphatic rings. The lowest BCUT2D eigenvalue weighted by Gasteiger charge is -2.38. The molecule has 0 spiro atoms. The number of allylic oxidation sites excluding steroid dienone is 4. The lowest BCUT2D eigenvalue weighted by atomic mass is 9.79. The Morgan fingerprint density at radius 2 is 1.87 bits per heavy atom. The second-order valence-electron chi connectivity index (χ2n) is 7.43. The van der Waals surface area contributed by atoms with Gasteiger partial charge in [-0.1, -0.05) is 29.9 Å². The van der Waals surface area contributed by atoms with Gasteiger partial charge in [0, 0.05) is 5.57 Å². The van der Waals surface area contributed by atoms with Gasteiger partial charge in [-0.25, -0.2) is 4.79 Å². The van der Waals surface area contributed by atoms with Crippen LogP contribution in [0.3, 0.4) is 0 Å². The van der Waals surface area contributed by atoms with Crippen LogP contribution in [0.15, 0.2) is 35.5 Å². The Morgan fingerprint density at radius 3 is 2.61 bits per heavy atom. The molecule has 3 heteroatoms. The van der Waals surface area contributed by atoms with Crippen molar-refractivity contribution < 1.29 is 14.6 Å². The number of fused-ring (bicyclic) bond motifs is 2. The largest absolute Gasteiger partial charge is 0.456 e. The Bertz CT molecular complexity index is 525. The normalized spacial score (nSPS) is 38.6. The van der Waals surface area contributed by atoms with E-state index in [1.165, 1.54) is 11.1 Å². The zero-order chi connectivity index (χ0) is 17.0. The van der Waals surface area contributed by atoms with Gasteiger partial charge in [-0.15, -0.1) is 0 Å². The fraction of sp³-hybridized carbons (Fsp3) is 0.650. The van der Waals surface area contributed by atoms with E-state index in [0.29, 0.717) is 18.4 Å². The maximum Gasteiger partial charge on any atom is 0.334 e. The molecule has 3 nitrogen and oxygen atoms in total. The van der Waals surface area contributed by atoms with Crippen LogP contribution in [0.4, 0.5) is 0 Å². The second-order valence-corrected chi connectivity index (χ2v) is 7.43. The third-order valence-corrected chi connectivity index (χ3v) is 5.26. The topological polar surface area (TPSA) is 46.5 Å². The summed E-state index contributed by atoms with van der Waals surface area (Å²) in [5, 5.41) is 10.8. The molecule has 1 heterocycles. The molecule has 1 saturated heterocycles. The highest BCUT2D eigenvalue weighted by molar-refractivity contribution is 5.89. The van der Waals surface area contributed by atoms with Crippen molar-refractivity contribution in [2.75, 3.05) is 0 Å². The van der Waals surface area contributed by atoms with Crippen LogP contribution in [0.5, 0.6) is 0 Å². The average Bonchev–Trinajstić information content (AvgIpc) is 2.47. The summed E-state index contributed by atoms with van der Waals surface area (Å²) in [6.07, 6.45) is 10.1. The zero-order valence-electron chi connectivity index (χ0n) is 14.7. The molecule has 2 bridgehead atoms. The maximum atomic E-state index is 12.1. The minimum absolute atomic E-state index is 0.108. The highest BCUT2D eigenvalue weighted by atomic mass is 16.6. The molecule has 23 heavy (non-hydrogen) atoms.